The normalized spacial score (nSPS) is 25.0. The molecule has 3 atom stereocenters. The lowest BCUT2D eigenvalue weighted by Gasteiger charge is -2.40. The average molecular weight is 298 g/mol. The van der Waals surface area contributed by atoms with Gasteiger partial charge >= 0.3 is 6.09 Å². The molecule has 4 heteroatoms. The lowest BCUT2D eigenvalue weighted by atomic mass is 9.94. The zero-order chi connectivity index (χ0) is 16.2. The topological polar surface area (TPSA) is 41.6 Å². The van der Waals surface area contributed by atoms with E-state index in [0.717, 1.165) is 25.8 Å². The van der Waals surface area contributed by atoms with E-state index in [4.69, 9.17) is 4.74 Å². The highest BCUT2D eigenvalue weighted by atomic mass is 16.6. The van der Waals surface area contributed by atoms with E-state index in [0.29, 0.717) is 18.0 Å². The number of carbonyl (C=O) groups excluding carboxylic acids is 1. The van der Waals surface area contributed by atoms with E-state index in [1.54, 1.807) is 0 Å². The quantitative estimate of drug-likeness (QED) is 0.858. The summed E-state index contributed by atoms with van der Waals surface area (Å²) in [7, 11) is 0. The van der Waals surface area contributed by atoms with Crippen LogP contribution in [-0.4, -0.2) is 41.3 Å². The molecule has 21 heavy (non-hydrogen) atoms. The fourth-order valence-corrected chi connectivity index (χ4v) is 3.00. The highest BCUT2D eigenvalue weighted by Crippen LogP contribution is 2.22. The van der Waals surface area contributed by atoms with Gasteiger partial charge in [0.15, 0.2) is 0 Å². The van der Waals surface area contributed by atoms with Crippen molar-refractivity contribution >= 4 is 6.09 Å². The van der Waals surface area contributed by atoms with Gasteiger partial charge in [0.1, 0.15) is 5.60 Å². The van der Waals surface area contributed by atoms with Crippen LogP contribution in [0.15, 0.2) is 0 Å². The Bertz CT molecular complexity index is 336. The molecular weight excluding hydrogens is 264 g/mol. The Hall–Kier alpha value is -0.770. The third kappa shape index (κ3) is 5.85. The molecule has 0 aliphatic carbocycles. The van der Waals surface area contributed by atoms with Crippen LogP contribution in [0.1, 0.15) is 67.7 Å². The zero-order valence-electron chi connectivity index (χ0n) is 14.9. The van der Waals surface area contributed by atoms with Gasteiger partial charge in [-0.05, 0) is 52.9 Å². The molecular formula is C17H34N2O2. The molecule has 1 N–H and O–H groups in total. The van der Waals surface area contributed by atoms with E-state index in [9.17, 15) is 4.79 Å². The number of hydrogen-bond donors (Lipinski definition) is 1. The first-order chi connectivity index (χ1) is 9.64. The molecule has 0 aromatic heterocycles. The van der Waals surface area contributed by atoms with Crippen molar-refractivity contribution in [2.45, 2.75) is 91.5 Å². The van der Waals surface area contributed by atoms with Gasteiger partial charge in [-0.1, -0.05) is 20.8 Å². The van der Waals surface area contributed by atoms with E-state index in [1.165, 1.54) is 0 Å². The van der Waals surface area contributed by atoms with Gasteiger partial charge < -0.3 is 15.0 Å². The first-order valence-corrected chi connectivity index (χ1v) is 8.39. The standard InChI is InChI=1S/C17H34N2O2/c1-8-15(12(2)3)18-14-9-10-19(13(4)11-14)16(20)21-17(5,6)7/h12-15,18H,8-11H2,1-7H3. The number of carbonyl (C=O) groups is 1. The van der Waals surface area contributed by atoms with Gasteiger partial charge in [-0.15, -0.1) is 0 Å². The largest absolute Gasteiger partial charge is 0.444 e. The van der Waals surface area contributed by atoms with Crippen LogP contribution in [0.2, 0.25) is 0 Å². The molecule has 0 radical (unpaired) electrons. The number of rotatable bonds is 4. The van der Waals surface area contributed by atoms with E-state index < -0.39 is 5.60 Å². The SMILES string of the molecule is CCC(NC1CCN(C(=O)OC(C)(C)C)C(C)C1)C(C)C. The van der Waals surface area contributed by atoms with E-state index in [1.807, 2.05) is 25.7 Å². The molecule has 0 spiro atoms. The molecule has 1 saturated heterocycles. The van der Waals surface area contributed by atoms with Crippen molar-refractivity contribution in [1.82, 2.24) is 10.2 Å². The molecule has 0 saturated carbocycles. The fraction of sp³-hybridized carbons (Fsp3) is 0.941. The lowest BCUT2D eigenvalue weighted by molar-refractivity contribution is 0.00872. The molecule has 0 bridgehead atoms. The predicted molar refractivity (Wildman–Crippen MR) is 87.5 cm³/mol. The van der Waals surface area contributed by atoms with Crippen molar-refractivity contribution in [3.8, 4) is 0 Å². The molecule has 1 aliphatic rings. The minimum atomic E-state index is -0.420. The van der Waals surface area contributed by atoms with Crippen molar-refractivity contribution in [1.29, 1.82) is 0 Å². The first kappa shape index (κ1) is 18.3. The summed E-state index contributed by atoms with van der Waals surface area (Å²) in [6.45, 7) is 15.4. The molecule has 1 heterocycles. The molecule has 0 aromatic carbocycles. The van der Waals surface area contributed by atoms with Gasteiger partial charge in [0.2, 0.25) is 0 Å². The van der Waals surface area contributed by atoms with E-state index >= 15 is 0 Å². The second kappa shape index (κ2) is 7.48. The van der Waals surface area contributed by atoms with Crippen LogP contribution < -0.4 is 5.32 Å². The number of piperidine rings is 1. The van der Waals surface area contributed by atoms with Gasteiger partial charge in [-0.25, -0.2) is 4.79 Å². The lowest BCUT2D eigenvalue weighted by Crippen LogP contribution is -2.53. The van der Waals surface area contributed by atoms with Gasteiger partial charge in [-0.3, -0.25) is 0 Å². The van der Waals surface area contributed by atoms with Crippen molar-refractivity contribution in [2.24, 2.45) is 5.92 Å². The number of nitrogens with one attached hydrogen (secondary N) is 1. The molecule has 1 amide bonds. The van der Waals surface area contributed by atoms with Crippen LogP contribution >= 0.6 is 0 Å². The minimum absolute atomic E-state index is 0.177. The number of hydrogen-bond acceptors (Lipinski definition) is 3. The van der Waals surface area contributed by atoms with E-state index in [2.05, 4.69) is 33.0 Å². The summed E-state index contributed by atoms with van der Waals surface area (Å²) in [6.07, 6.45) is 2.98. The maximum atomic E-state index is 12.2. The smallest absolute Gasteiger partial charge is 0.410 e. The fourth-order valence-electron chi connectivity index (χ4n) is 3.00. The highest BCUT2D eigenvalue weighted by Gasteiger charge is 2.32. The Balaban J connectivity index is 2.52. The Kier molecular flexibility index (Phi) is 6.51. The van der Waals surface area contributed by atoms with Gasteiger partial charge in [0.25, 0.3) is 0 Å². The van der Waals surface area contributed by atoms with Crippen molar-refractivity contribution in [3.63, 3.8) is 0 Å². The third-order valence-electron chi connectivity index (χ3n) is 4.20. The number of likely N-dealkylation sites (tertiary alicyclic amines) is 1. The van der Waals surface area contributed by atoms with Crippen LogP contribution in [-0.2, 0) is 4.74 Å². The summed E-state index contributed by atoms with van der Waals surface area (Å²) in [5.41, 5.74) is -0.420. The Morgan fingerprint density at radius 2 is 2.00 bits per heavy atom. The predicted octanol–water partition coefficient (Wildman–Crippen LogP) is 3.80. The second-order valence-corrected chi connectivity index (χ2v) is 7.67. The van der Waals surface area contributed by atoms with Crippen LogP contribution in [0.4, 0.5) is 4.79 Å². The van der Waals surface area contributed by atoms with Crippen LogP contribution in [0.5, 0.6) is 0 Å². The van der Waals surface area contributed by atoms with Crippen molar-refractivity contribution < 1.29 is 9.53 Å². The number of amides is 1. The van der Waals surface area contributed by atoms with Gasteiger partial charge in [0.05, 0.1) is 0 Å². The maximum absolute atomic E-state index is 12.2. The molecule has 1 aliphatic heterocycles. The number of ether oxygens (including phenoxy) is 1. The van der Waals surface area contributed by atoms with Crippen LogP contribution in [0, 0.1) is 5.92 Å². The van der Waals surface area contributed by atoms with E-state index in [-0.39, 0.29) is 12.1 Å². The third-order valence-corrected chi connectivity index (χ3v) is 4.20. The van der Waals surface area contributed by atoms with Crippen LogP contribution in [0.25, 0.3) is 0 Å². The molecule has 124 valence electrons. The summed E-state index contributed by atoms with van der Waals surface area (Å²) in [4.78, 5) is 14.1. The summed E-state index contributed by atoms with van der Waals surface area (Å²) >= 11 is 0. The summed E-state index contributed by atoms with van der Waals surface area (Å²) in [5.74, 6) is 0.647. The Labute approximate surface area is 130 Å². The molecule has 1 fully saturated rings. The Morgan fingerprint density at radius 3 is 2.43 bits per heavy atom. The van der Waals surface area contributed by atoms with Crippen LogP contribution in [0.3, 0.4) is 0 Å². The summed E-state index contributed by atoms with van der Waals surface area (Å²) < 4.78 is 5.49. The highest BCUT2D eigenvalue weighted by molar-refractivity contribution is 5.68. The monoisotopic (exact) mass is 298 g/mol. The first-order valence-electron chi connectivity index (χ1n) is 8.39. The average Bonchev–Trinajstić information content (AvgIpc) is 2.33. The van der Waals surface area contributed by atoms with Gasteiger partial charge in [-0.2, -0.15) is 0 Å². The summed E-state index contributed by atoms with van der Waals surface area (Å²) in [6, 6.07) is 1.30. The zero-order valence-corrected chi connectivity index (χ0v) is 14.9. The maximum Gasteiger partial charge on any atom is 0.410 e. The molecule has 0 aromatic rings. The molecule has 1 rings (SSSR count). The van der Waals surface area contributed by atoms with Crippen molar-refractivity contribution in [3.05, 3.63) is 0 Å². The number of nitrogens with zero attached hydrogens (tertiary/aromatic N) is 1. The minimum Gasteiger partial charge on any atom is -0.444 e. The second-order valence-electron chi connectivity index (χ2n) is 7.67. The van der Waals surface area contributed by atoms with Crippen molar-refractivity contribution in [2.75, 3.05) is 6.54 Å². The molecule has 3 unspecified atom stereocenters. The summed E-state index contributed by atoms with van der Waals surface area (Å²) in [5, 5.41) is 3.76. The Morgan fingerprint density at radius 1 is 1.38 bits per heavy atom. The molecule has 4 nitrogen and oxygen atoms in total. The van der Waals surface area contributed by atoms with Gasteiger partial charge in [0, 0.05) is 24.7 Å².